The zero-order valence-electron chi connectivity index (χ0n) is 11.0. The van der Waals surface area contributed by atoms with Gasteiger partial charge in [0, 0.05) is 15.7 Å². The van der Waals surface area contributed by atoms with Crippen LogP contribution in [0.2, 0.25) is 0 Å². The highest BCUT2D eigenvalue weighted by molar-refractivity contribution is 9.10. The number of aromatic nitrogens is 1. The molecule has 2 rings (SSSR count). The van der Waals surface area contributed by atoms with E-state index in [1.54, 1.807) is 7.11 Å². The molecule has 0 bridgehead atoms. The summed E-state index contributed by atoms with van der Waals surface area (Å²) in [6.45, 7) is 6.44. The molecule has 94 valence electrons. The van der Waals surface area contributed by atoms with E-state index in [0.717, 1.165) is 23.9 Å². The molecule has 3 heteroatoms. The summed E-state index contributed by atoms with van der Waals surface area (Å²) in [5.41, 5.74) is 3.68. The molecule has 1 aliphatic carbocycles. The highest BCUT2D eigenvalue weighted by atomic mass is 79.9. The van der Waals surface area contributed by atoms with Gasteiger partial charge >= 0.3 is 0 Å². The van der Waals surface area contributed by atoms with Crippen molar-refractivity contribution in [3.05, 3.63) is 21.3 Å². The lowest BCUT2D eigenvalue weighted by molar-refractivity contribution is 0.388. The normalized spacial score (nSPS) is 15.4. The monoisotopic (exact) mass is 297 g/mol. The number of pyridine rings is 1. The number of rotatable bonds is 4. The molecule has 2 nitrogen and oxygen atoms in total. The van der Waals surface area contributed by atoms with E-state index in [2.05, 4.69) is 41.7 Å². The fraction of sp³-hybridized carbons (Fsp3) is 0.643. The van der Waals surface area contributed by atoms with E-state index < -0.39 is 0 Å². The molecular weight excluding hydrogens is 278 g/mol. The lowest BCUT2D eigenvalue weighted by Crippen LogP contribution is -2.05. The fourth-order valence-corrected chi connectivity index (χ4v) is 3.28. The highest BCUT2D eigenvalue weighted by Crippen LogP contribution is 2.40. The fourth-order valence-electron chi connectivity index (χ4n) is 2.20. The van der Waals surface area contributed by atoms with Gasteiger partial charge in [0.1, 0.15) is 0 Å². The zero-order valence-corrected chi connectivity index (χ0v) is 12.6. The maximum absolute atomic E-state index is 5.40. The average molecular weight is 298 g/mol. The first-order valence-electron chi connectivity index (χ1n) is 6.27. The Morgan fingerprint density at radius 2 is 2.06 bits per heavy atom. The molecule has 1 heterocycles. The molecule has 0 N–H and O–H groups in total. The molecule has 0 saturated heterocycles. The first kappa shape index (κ1) is 12.9. The molecule has 1 saturated carbocycles. The van der Waals surface area contributed by atoms with Gasteiger partial charge in [-0.3, -0.25) is 0 Å². The van der Waals surface area contributed by atoms with Crippen LogP contribution in [0.1, 0.15) is 49.4 Å². The Labute approximate surface area is 112 Å². The lowest BCUT2D eigenvalue weighted by Gasteiger charge is -2.18. The van der Waals surface area contributed by atoms with Crippen LogP contribution in [0.3, 0.4) is 0 Å². The predicted octanol–water partition coefficient (Wildman–Crippen LogP) is 4.24. The van der Waals surface area contributed by atoms with Gasteiger partial charge in [-0.2, -0.15) is 0 Å². The number of hydrogen-bond acceptors (Lipinski definition) is 2. The minimum Gasteiger partial charge on any atom is -0.481 e. The van der Waals surface area contributed by atoms with Gasteiger partial charge in [0.25, 0.3) is 0 Å². The van der Waals surface area contributed by atoms with Crippen LogP contribution in [0.25, 0.3) is 0 Å². The van der Waals surface area contributed by atoms with Crippen LogP contribution < -0.4 is 4.74 Å². The number of nitrogens with zero attached hydrogens (tertiary/aromatic N) is 1. The summed E-state index contributed by atoms with van der Waals surface area (Å²) in [6.07, 6.45) is 3.90. The molecule has 1 aromatic heterocycles. The Bertz CT molecular complexity index is 425. The van der Waals surface area contributed by atoms with Gasteiger partial charge in [-0.15, -0.1) is 0 Å². The van der Waals surface area contributed by atoms with E-state index in [0.29, 0.717) is 5.92 Å². The SMILES string of the molecule is COc1nc(C)c(CC2CC2)c(Br)c1C(C)C. The van der Waals surface area contributed by atoms with Gasteiger partial charge < -0.3 is 4.74 Å². The minimum absolute atomic E-state index is 0.422. The molecule has 1 fully saturated rings. The van der Waals surface area contributed by atoms with Crippen LogP contribution in [-0.4, -0.2) is 12.1 Å². The second kappa shape index (κ2) is 4.97. The Balaban J connectivity index is 2.47. The van der Waals surface area contributed by atoms with E-state index in [9.17, 15) is 0 Å². The van der Waals surface area contributed by atoms with Crippen molar-refractivity contribution in [3.63, 3.8) is 0 Å². The van der Waals surface area contributed by atoms with Gasteiger partial charge in [-0.25, -0.2) is 4.98 Å². The van der Waals surface area contributed by atoms with Crippen LogP contribution in [0.4, 0.5) is 0 Å². The molecule has 1 aliphatic rings. The summed E-state index contributed by atoms with van der Waals surface area (Å²) in [7, 11) is 1.70. The summed E-state index contributed by atoms with van der Waals surface area (Å²) in [5, 5.41) is 0. The van der Waals surface area contributed by atoms with Gasteiger partial charge in [-0.1, -0.05) is 13.8 Å². The molecule has 0 unspecified atom stereocenters. The van der Waals surface area contributed by atoms with Crippen molar-refractivity contribution < 1.29 is 4.74 Å². The van der Waals surface area contributed by atoms with E-state index >= 15 is 0 Å². The summed E-state index contributed by atoms with van der Waals surface area (Å²) in [4.78, 5) is 4.60. The average Bonchev–Trinajstić information content (AvgIpc) is 3.06. The maximum Gasteiger partial charge on any atom is 0.217 e. The quantitative estimate of drug-likeness (QED) is 0.829. The second-order valence-corrected chi connectivity index (χ2v) is 6.01. The van der Waals surface area contributed by atoms with E-state index in [4.69, 9.17) is 4.74 Å². The third kappa shape index (κ3) is 2.65. The maximum atomic E-state index is 5.40. The minimum atomic E-state index is 0.422. The van der Waals surface area contributed by atoms with Crippen LogP contribution in [0.15, 0.2) is 4.47 Å². The summed E-state index contributed by atoms with van der Waals surface area (Å²) in [5.74, 6) is 2.06. The largest absolute Gasteiger partial charge is 0.481 e. The van der Waals surface area contributed by atoms with Crippen molar-refractivity contribution in [1.29, 1.82) is 0 Å². The second-order valence-electron chi connectivity index (χ2n) is 5.21. The lowest BCUT2D eigenvalue weighted by atomic mass is 9.98. The van der Waals surface area contributed by atoms with Crippen LogP contribution >= 0.6 is 15.9 Å². The topological polar surface area (TPSA) is 22.1 Å². The predicted molar refractivity (Wildman–Crippen MR) is 73.7 cm³/mol. The summed E-state index contributed by atoms with van der Waals surface area (Å²) in [6, 6.07) is 0. The number of hydrogen-bond donors (Lipinski definition) is 0. The van der Waals surface area contributed by atoms with E-state index in [1.165, 1.54) is 28.4 Å². The molecular formula is C14H20BrNO. The third-order valence-corrected chi connectivity index (χ3v) is 4.30. The van der Waals surface area contributed by atoms with Crippen LogP contribution in [0, 0.1) is 12.8 Å². The smallest absolute Gasteiger partial charge is 0.217 e. The molecule has 0 spiro atoms. The van der Waals surface area contributed by atoms with Gasteiger partial charge in [0.05, 0.1) is 7.11 Å². The van der Waals surface area contributed by atoms with Crippen molar-refractivity contribution in [2.24, 2.45) is 5.92 Å². The number of aryl methyl sites for hydroxylation is 1. The third-order valence-electron chi connectivity index (χ3n) is 3.40. The van der Waals surface area contributed by atoms with Crippen molar-refractivity contribution in [2.75, 3.05) is 7.11 Å². The Morgan fingerprint density at radius 1 is 1.41 bits per heavy atom. The Morgan fingerprint density at radius 3 is 2.53 bits per heavy atom. The van der Waals surface area contributed by atoms with E-state index in [-0.39, 0.29) is 0 Å². The van der Waals surface area contributed by atoms with Crippen molar-refractivity contribution in [3.8, 4) is 5.88 Å². The van der Waals surface area contributed by atoms with Crippen molar-refractivity contribution in [1.82, 2.24) is 4.98 Å². The summed E-state index contributed by atoms with van der Waals surface area (Å²) >= 11 is 3.76. The Kier molecular flexibility index (Phi) is 3.76. The number of halogens is 1. The highest BCUT2D eigenvalue weighted by Gasteiger charge is 2.26. The molecule has 0 amide bonds. The zero-order chi connectivity index (χ0) is 12.6. The molecule has 1 aromatic rings. The molecule has 0 radical (unpaired) electrons. The first-order valence-corrected chi connectivity index (χ1v) is 7.06. The van der Waals surface area contributed by atoms with Crippen molar-refractivity contribution in [2.45, 2.75) is 46.0 Å². The van der Waals surface area contributed by atoms with Crippen LogP contribution in [0.5, 0.6) is 5.88 Å². The van der Waals surface area contributed by atoms with E-state index in [1.807, 2.05) is 0 Å². The first-order chi connectivity index (χ1) is 8.04. The molecule has 0 aromatic carbocycles. The van der Waals surface area contributed by atoms with Crippen molar-refractivity contribution >= 4 is 15.9 Å². The van der Waals surface area contributed by atoms with Crippen LogP contribution in [-0.2, 0) is 6.42 Å². The number of ether oxygens (including phenoxy) is 1. The molecule has 0 aliphatic heterocycles. The Hall–Kier alpha value is -0.570. The number of methoxy groups -OCH3 is 1. The van der Waals surface area contributed by atoms with Gasteiger partial charge in [0.15, 0.2) is 0 Å². The standard InChI is InChI=1S/C14H20BrNO/c1-8(2)12-13(15)11(7-10-5-6-10)9(3)16-14(12)17-4/h8,10H,5-7H2,1-4H3. The molecule has 0 atom stereocenters. The van der Waals surface area contributed by atoms with Gasteiger partial charge in [-0.05, 0) is 59.5 Å². The summed E-state index contributed by atoms with van der Waals surface area (Å²) < 4.78 is 6.61. The van der Waals surface area contributed by atoms with Gasteiger partial charge in [0.2, 0.25) is 5.88 Å². The molecule has 17 heavy (non-hydrogen) atoms.